The molecule has 1 amide bonds. The van der Waals surface area contributed by atoms with Crippen molar-refractivity contribution in [3.05, 3.63) is 34.9 Å². The third-order valence-corrected chi connectivity index (χ3v) is 3.96. The zero-order valence-electron chi connectivity index (χ0n) is 12.5. The van der Waals surface area contributed by atoms with Crippen LogP contribution in [-0.2, 0) is 15.3 Å². The lowest BCUT2D eigenvalue weighted by Crippen LogP contribution is -2.50. The molecule has 122 valence electrons. The van der Waals surface area contributed by atoms with Crippen molar-refractivity contribution < 1.29 is 9.53 Å². The van der Waals surface area contributed by atoms with Crippen LogP contribution in [0.15, 0.2) is 24.3 Å². The van der Waals surface area contributed by atoms with E-state index in [-0.39, 0.29) is 11.9 Å². The number of hydrogen-bond donors (Lipinski definition) is 3. The maximum Gasteiger partial charge on any atom is 0.248 e. The quantitative estimate of drug-likeness (QED) is 0.510. The second kappa shape index (κ2) is 10.7. The van der Waals surface area contributed by atoms with Gasteiger partial charge < -0.3 is 10.1 Å². The highest BCUT2D eigenvalue weighted by atomic mass is 35.5. The average Bonchev–Trinajstić information content (AvgIpc) is 2.45. The van der Waals surface area contributed by atoms with Crippen LogP contribution in [0.25, 0.3) is 0 Å². The summed E-state index contributed by atoms with van der Waals surface area (Å²) >= 11 is 12.5. The topological polar surface area (TPSA) is 62.4 Å². The highest BCUT2D eigenvalue weighted by Gasteiger charge is 2.05. The molecule has 8 heteroatoms. The zero-order valence-corrected chi connectivity index (χ0v) is 14.9. The van der Waals surface area contributed by atoms with Crippen LogP contribution in [0.2, 0.25) is 5.02 Å². The van der Waals surface area contributed by atoms with Gasteiger partial charge in [-0.3, -0.25) is 15.6 Å². The lowest BCUT2D eigenvalue weighted by molar-refractivity contribution is -0.119. The Balaban J connectivity index is 2.17. The summed E-state index contributed by atoms with van der Waals surface area (Å²) < 4.78 is 4.98. The summed E-state index contributed by atoms with van der Waals surface area (Å²) in [4.78, 5) is 11.7. The fourth-order valence-corrected chi connectivity index (χ4v) is 2.84. The molecule has 0 radical (unpaired) electrons. The first-order valence-corrected chi connectivity index (χ1v) is 8.62. The van der Waals surface area contributed by atoms with Crippen LogP contribution in [0.3, 0.4) is 0 Å². The molecule has 1 aromatic rings. The smallest absolute Gasteiger partial charge is 0.248 e. The molecular weight excluding hydrogens is 342 g/mol. The van der Waals surface area contributed by atoms with Crippen molar-refractivity contribution in [2.45, 2.75) is 18.7 Å². The van der Waals surface area contributed by atoms with Gasteiger partial charge in [-0.25, -0.2) is 0 Å². The van der Waals surface area contributed by atoms with E-state index in [2.05, 4.69) is 16.2 Å². The van der Waals surface area contributed by atoms with E-state index in [0.29, 0.717) is 22.5 Å². The van der Waals surface area contributed by atoms with E-state index in [9.17, 15) is 4.79 Å². The molecule has 0 aliphatic heterocycles. The van der Waals surface area contributed by atoms with Crippen LogP contribution < -0.4 is 16.2 Å². The predicted molar refractivity (Wildman–Crippen MR) is 96.0 cm³/mol. The molecule has 1 atom stereocenters. The van der Waals surface area contributed by atoms with Gasteiger partial charge in [0.15, 0.2) is 5.11 Å². The van der Waals surface area contributed by atoms with Crippen LogP contribution in [0.1, 0.15) is 12.5 Å². The fraction of sp³-hybridized carbons (Fsp3) is 0.429. The van der Waals surface area contributed by atoms with Gasteiger partial charge in [0.1, 0.15) is 0 Å². The maximum absolute atomic E-state index is 11.7. The standard InChI is InChI=1S/C14H20ClN3O2S2/c1-10(7-20-2)16-14(21)18-17-13(19)9-22-8-11-4-3-5-12(15)6-11/h3-6,10H,7-9H2,1-2H3,(H,17,19)(H2,16,18,21)/t10-/m1/s1. The molecule has 0 spiro atoms. The van der Waals surface area contributed by atoms with E-state index in [4.69, 9.17) is 28.6 Å². The average molecular weight is 362 g/mol. The molecule has 0 aliphatic rings. The van der Waals surface area contributed by atoms with E-state index < -0.39 is 0 Å². The van der Waals surface area contributed by atoms with Crippen molar-refractivity contribution in [2.75, 3.05) is 19.5 Å². The number of thiocarbonyl (C=S) groups is 1. The first-order chi connectivity index (χ1) is 10.5. The lowest BCUT2D eigenvalue weighted by Gasteiger charge is -2.16. The first-order valence-electron chi connectivity index (χ1n) is 6.67. The number of hydrogen-bond acceptors (Lipinski definition) is 4. The number of hydrazine groups is 1. The number of halogens is 1. The molecule has 0 bridgehead atoms. The van der Waals surface area contributed by atoms with Crippen molar-refractivity contribution in [1.29, 1.82) is 0 Å². The normalized spacial score (nSPS) is 11.6. The molecule has 0 heterocycles. The molecule has 1 aromatic carbocycles. The highest BCUT2D eigenvalue weighted by Crippen LogP contribution is 2.16. The molecule has 3 N–H and O–H groups in total. The molecule has 22 heavy (non-hydrogen) atoms. The summed E-state index contributed by atoms with van der Waals surface area (Å²) in [5, 5.41) is 4.04. The van der Waals surface area contributed by atoms with E-state index in [0.717, 1.165) is 11.3 Å². The Morgan fingerprint density at radius 3 is 2.91 bits per heavy atom. The van der Waals surface area contributed by atoms with Crippen molar-refractivity contribution in [2.24, 2.45) is 0 Å². The molecule has 0 aromatic heterocycles. The first kappa shape index (κ1) is 19.0. The summed E-state index contributed by atoms with van der Waals surface area (Å²) in [5.41, 5.74) is 6.29. The SMILES string of the molecule is COC[C@@H](C)NC(=S)NNC(=O)CSCc1cccc(Cl)c1. The molecule has 1 rings (SSSR count). The van der Waals surface area contributed by atoms with Gasteiger partial charge >= 0.3 is 0 Å². The van der Waals surface area contributed by atoms with Gasteiger partial charge in [-0.1, -0.05) is 23.7 Å². The van der Waals surface area contributed by atoms with Gasteiger partial charge in [-0.05, 0) is 36.8 Å². The number of thioether (sulfide) groups is 1. The Hall–Kier alpha value is -1.02. The zero-order chi connectivity index (χ0) is 16.4. The lowest BCUT2D eigenvalue weighted by atomic mass is 10.2. The van der Waals surface area contributed by atoms with Crippen LogP contribution in [-0.4, -0.2) is 36.5 Å². The third kappa shape index (κ3) is 8.43. The van der Waals surface area contributed by atoms with E-state index in [1.165, 1.54) is 11.8 Å². The number of carbonyl (C=O) groups is 1. The third-order valence-electron chi connectivity index (χ3n) is 2.50. The number of rotatable bonds is 7. The number of nitrogens with one attached hydrogen (secondary N) is 3. The van der Waals surface area contributed by atoms with E-state index in [1.807, 2.05) is 31.2 Å². The predicted octanol–water partition coefficient (Wildman–Crippen LogP) is 2.10. The highest BCUT2D eigenvalue weighted by molar-refractivity contribution is 7.99. The number of benzene rings is 1. The van der Waals surface area contributed by atoms with Gasteiger partial charge in [0, 0.05) is 23.9 Å². The number of carbonyl (C=O) groups excluding carboxylic acids is 1. The number of methoxy groups -OCH3 is 1. The van der Waals surface area contributed by atoms with E-state index in [1.54, 1.807) is 7.11 Å². The fourth-order valence-electron chi connectivity index (χ4n) is 1.60. The van der Waals surface area contributed by atoms with Crippen LogP contribution >= 0.6 is 35.6 Å². The molecule has 0 fully saturated rings. The molecule has 0 aliphatic carbocycles. The maximum atomic E-state index is 11.7. The molecular formula is C14H20ClN3O2S2. The van der Waals surface area contributed by atoms with Crippen LogP contribution in [0.5, 0.6) is 0 Å². The Morgan fingerprint density at radius 2 is 2.23 bits per heavy atom. The van der Waals surface area contributed by atoms with Gasteiger partial charge in [-0.2, -0.15) is 0 Å². The van der Waals surface area contributed by atoms with Crippen molar-refractivity contribution in [3.63, 3.8) is 0 Å². The molecule has 0 unspecified atom stereocenters. The minimum absolute atomic E-state index is 0.0686. The van der Waals surface area contributed by atoms with Crippen LogP contribution in [0, 0.1) is 0 Å². The summed E-state index contributed by atoms with van der Waals surface area (Å²) in [5.74, 6) is 0.910. The summed E-state index contributed by atoms with van der Waals surface area (Å²) in [7, 11) is 1.62. The molecule has 5 nitrogen and oxygen atoms in total. The van der Waals surface area contributed by atoms with Gasteiger partial charge in [0.2, 0.25) is 5.91 Å². The Bertz CT molecular complexity index is 503. The van der Waals surface area contributed by atoms with Crippen LogP contribution in [0.4, 0.5) is 0 Å². The Kier molecular flexibility index (Phi) is 9.22. The second-order valence-electron chi connectivity index (χ2n) is 4.63. The summed E-state index contributed by atoms with van der Waals surface area (Å²) in [6, 6.07) is 7.65. The van der Waals surface area contributed by atoms with Crippen molar-refractivity contribution in [3.8, 4) is 0 Å². The second-order valence-corrected chi connectivity index (χ2v) is 6.46. The largest absolute Gasteiger partial charge is 0.383 e. The van der Waals surface area contributed by atoms with Gasteiger partial charge in [0.25, 0.3) is 0 Å². The molecule has 0 saturated heterocycles. The van der Waals surface area contributed by atoms with Crippen molar-refractivity contribution >= 4 is 46.6 Å². The summed E-state index contributed by atoms with van der Waals surface area (Å²) in [6.07, 6.45) is 0. The van der Waals surface area contributed by atoms with Crippen molar-refractivity contribution in [1.82, 2.24) is 16.2 Å². The number of ether oxygens (including phenoxy) is 1. The minimum Gasteiger partial charge on any atom is -0.383 e. The minimum atomic E-state index is -0.143. The van der Waals surface area contributed by atoms with Gasteiger partial charge in [-0.15, -0.1) is 11.8 Å². The Labute approximate surface area is 145 Å². The monoisotopic (exact) mass is 361 g/mol. The van der Waals surface area contributed by atoms with E-state index >= 15 is 0 Å². The Morgan fingerprint density at radius 1 is 1.45 bits per heavy atom. The molecule has 0 saturated carbocycles. The van der Waals surface area contributed by atoms with Gasteiger partial charge in [0.05, 0.1) is 12.4 Å². The number of amides is 1. The summed E-state index contributed by atoms with van der Waals surface area (Å²) in [6.45, 7) is 2.46.